The molecule has 0 spiro atoms. The van der Waals surface area contributed by atoms with Crippen molar-refractivity contribution in [3.05, 3.63) is 24.7 Å². The predicted octanol–water partition coefficient (Wildman–Crippen LogP) is 0.919. The Morgan fingerprint density at radius 3 is 2.67 bits per heavy atom. The largest absolute Gasteiger partial charge is 0.370 e. The van der Waals surface area contributed by atoms with Crippen molar-refractivity contribution in [2.24, 2.45) is 5.92 Å². The highest BCUT2D eigenvalue weighted by Crippen LogP contribution is 2.26. The molecule has 1 N–H and O–H groups in total. The Hall–Kier alpha value is -2.28. The van der Waals surface area contributed by atoms with E-state index in [1.165, 1.54) is 0 Å². The third kappa shape index (κ3) is 3.97. The number of carbonyl (C=O) groups is 1. The van der Waals surface area contributed by atoms with Gasteiger partial charge in [0, 0.05) is 38.2 Å². The maximum absolute atomic E-state index is 11.7. The van der Waals surface area contributed by atoms with Crippen LogP contribution in [0.2, 0.25) is 0 Å². The number of rotatable bonds is 5. The summed E-state index contributed by atoms with van der Waals surface area (Å²) in [5.41, 5.74) is 2.65. The molecular formula is C17H24N6O. The van der Waals surface area contributed by atoms with E-state index in [4.69, 9.17) is 0 Å². The van der Waals surface area contributed by atoms with Gasteiger partial charge in [-0.1, -0.05) is 0 Å². The van der Waals surface area contributed by atoms with Crippen molar-refractivity contribution >= 4 is 22.8 Å². The standard InChI is InChI=1S/C17H24N6O/c1-22(2)12-15(24)21-11-13-4-9-23(10-5-13)14-3-6-19-17-16(14)18-7-8-20-17/h3,6-8,13H,4-5,9-12H2,1-2H3,(H,21,24). The van der Waals surface area contributed by atoms with Crippen molar-refractivity contribution in [1.29, 1.82) is 0 Å². The number of pyridine rings is 1. The van der Waals surface area contributed by atoms with Gasteiger partial charge >= 0.3 is 0 Å². The lowest BCUT2D eigenvalue weighted by atomic mass is 9.96. The zero-order valence-electron chi connectivity index (χ0n) is 14.3. The lowest BCUT2D eigenvalue weighted by Gasteiger charge is -2.33. The molecule has 1 fully saturated rings. The highest BCUT2D eigenvalue weighted by Gasteiger charge is 2.21. The Balaban J connectivity index is 1.56. The monoisotopic (exact) mass is 328 g/mol. The number of piperidine rings is 1. The molecule has 0 aromatic carbocycles. The third-order valence-corrected chi connectivity index (χ3v) is 4.35. The summed E-state index contributed by atoms with van der Waals surface area (Å²) in [5, 5.41) is 3.04. The molecule has 3 heterocycles. The molecule has 24 heavy (non-hydrogen) atoms. The average molecular weight is 328 g/mol. The maximum atomic E-state index is 11.7. The summed E-state index contributed by atoms with van der Waals surface area (Å²) in [7, 11) is 3.81. The van der Waals surface area contributed by atoms with Crippen molar-refractivity contribution in [2.75, 3.05) is 45.2 Å². The first-order valence-electron chi connectivity index (χ1n) is 8.35. The number of carbonyl (C=O) groups excluding carboxylic acids is 1. The first-order chi connectivity index (χ1) is 11.6. The van der Waals surface area contributed by atoms with Gasteiger partial charge in [0.05, 0.1) is 12.2 Å². The van der Waals surface area contributed by atoms with Crippen LogP contribution in [-0.2, 0) is 4.79 Å². The third-order valence-electron chi connectivity index (χ3n) is 4.35. The molecule has 0 saturated carbocycles. The molecule has 0 aliphatic carbocycles. The molecule has 3 rings (SSSR count). The van der Waals surface area contributed by atoms with Gasteiger partial charge in [0.25, 0.3) is 0 Å². The molecule has 0 atom stereocenters. The van der Waals surface area contributed by atoms with Crippen LogP contribution in [0.5, 0.6) is 0 Å². The molecule has 1 aliphatic heterocycles. The van der Waals surface area contributed by atoms with Gasteiger partial charge in [-0.05, 0) is 38.9 Å². The average Bonchev–Trinajstić information content (AvgIpc) is 2.59. The SMILES string of the molecule is CN(C)CC(=O)NCC1CCN(c2ccnc3nccnc23)CC1. The van der Waals surface area contributed by atoms with Gasteiger partial charge in [0.15, 0.2) is 5.65 Å². The Kier molecular flexibility index (Phi) is 5.20. The second kappa shape index (κ2) is 7.53. The molecule has 1 amide bonds. The van der Waals surface area contributed by atoms with E-state index in [-0.39, 0.29) is 5.91 Å². The van der Waals surface area contributed by atoms with Crippen LogP contribution in [0.4, 0.5) is 5.69 Å². The zero-order chi connectivity index (χ0) is 16.9. The predicted molar refractivity (Wildman–Crippen MR) is 93.8 cm³/mol. The van der Waals surface area contributed by atoms with Crippen molar-refractivity contribution < 1.29 is 4.79 Å². The molecule has 2 aromatic heterocycles. The van der Waals surface area contributed by atoms with Crippen LogP contribution in [0.25, 0.3) is 11.2 Å². The van der Waals surface area contributed by atoms with Crippen LogP contribution in [0.3, 0.4) is 0 Å². The minimum absolute atomic E-state index is 0.0952. The minimum Gasteiger partial charge on any atom is -0.370 e. The molecule has 1 saturated heterocycles. The molecule has 0 unspecified atom stereocenters. The van der Waals surface area contributed by atoms with Gasteiger partial charge in [0.1, 0.15) is 5.52 Å². The van der Waals surface area contributed by atoms with Crippen LogP contribution in [0, 0.1) is 5.92 Å². The van der Waals surface area contributed by atoms with Gasteiger partial charge in [-0.25, -0.2) is 15.0 Å². The highest BCUT2D eigenvalue weighted by molar-refractivity contribution is 5.85. The smallest absolute Gasteiger partial charge is 0.234 e. The molecule has 0 radical (unpaired) electrons. The number of hydrogen-bond donors (Lipinski definition) is 1. The van der Waals surface area contributed by atoms with E-state index in [2.05, 4.69) is 25.2 Å². The number of hydrogen-bond acceptors (Lipinski definition) is 6. The first-order valence-corrected chi connectivity index (χ1v) is 8.35. The van der Waals surface area contributed by atoms with E-state index in [0.717, 1.165) is 43.7 Å². The van der Waals surface area contributed by atoms with Gasteiger partial charge in [-0.2, -0.15) is 0 Å². The number of fused-ring (bicyclic) bond motifs is 1. The van der Waals surface area contributed by atoms with Gasteiger partial charge in [-0.3, -0.25) is 4.79 Å². The van der Waals surface area contributed by atoms with Gasteiger partial charge in [-0.15, -0.1) is 0 Å². The molecule has 7 heteroatoms. The van der Waals surface area contributed by atoms with Gasteiger partial charge < -0.3 is 15.1 Å². The summed E-state index contributed by atoms with van der Waals surface area (Å²) in [6.07, 6.45) is 7.29. The Morgan fingerprint density at radius 1 is 1.21 bits per heavy atom. The second-order valence-electron chi connectivity index (χ2n) is 6.53. The zero-order valence-corrected chi connectivity index (χ0v) is 14.3. The van der Waals surface area contributed by atoms with E-state index in [0.29, 0.717) is 18.1 Å². The van der Waals surface area contributed by atoms with E-state index < -0.39 is 0 Å². The summed E-state index contributed by atoms with van der Waals surface area (Å²) in [4.78, 5) is 28.9. The van der Waals surface area contributed by atoms with Crippen molar-refractivity contribution in [2.45, 2.75) is 12.8 Å². The van der Waals surface area contributed by atoms with E-state index in [9.17, 15) is 4.79 Å². The van der Waals surface area contributed by atoms with E-state index >= 15 is 0 Å². The lowest BCUT2D eigenvalue weighted by molar-refractivity contribution is -0.121. The number of aromatic nitrogens is 3. The van der Waals surface area contributed by atoms with Gasteiger partial charge in [0.2, 0.25) is 5.91 Å². The lowest BCUT2D eigenvalue weighted by Crippen LogP contribution is -2.40. The topological polar surface area (TPSA) is 74.2 Å². The summed E-state index contributed by atoms with van der Waals surface area (Å²) >= 11 is 0. The number of nitrogens with one attached hydrogen (secondary N) is 1. The normalized spacial score (nSPS) is 15.9. The first kappa shape index (κ1) is 16.6. The molecular weight excluding hydrogens is 304 g/mol. The summed E-state index contributed by atoms with van der Waals surface area (Å²) < 4.78 is 0. The van der Waals surface area contributed by atoms with Crippen LogP contribution < -0.4 is 10.2 Å². The molecule has 7 nitrogen and oxygen atoms in total. The highest BCUT2D eigenvalue weighted by atomic mass is 16.2. The van der Waals surface area contributed by atoms with Crippen molar-refractivity contribution in [3.63, 3.8) is 0 Å². The van der Waals surface area contributed by atoms with E-state index in [1.807, 2.05) is 25.1 Å². The fraction of sp³-hybridized carbons (Fsp3) is 0.529. The molecule has 1 aliphatic rings. The fourth-order valence-corrected chi connectivity index (χ4v) is 3.10. The second-order valence-corrected chi connectivity index (χ2v) is 6.53. The van der Waals surface area contributed by atoms with Crippen LogP contribution in [-0.4, -0.2) is 66.0 Å². The number of anilines is 1. The molecule has 128 valence electrons. The number of likely N-dealkylation sites (N-methyl/N-ethyl adjacent to an activating group) is 1. The fourth-order valence-electron chi connectivity index (χ4n) is 3.10. The quantitative estimate of drug-likeness (QED) is 0.880. The molecule has 0 bridgehead atoms. The Bertz CT molecular complexity index is 691. The van der Waals surface area contributed by atoms with E-state index in [1.54, 1.807) is 18.6 Å². The maximum Gasteiger partial charge on any atom is 0.234 e. The van der Waals surface area contributed by atoms with Crippen LogP contribution in [0.15, 0.2) is 24.7 Å². The summed E-state index contributed by atoms with van der Waals surface area (Å²) in [5.74, 6) is 0.629. The number of nitrogens with zero attached hydrogens (tertiary/aromatic N) is 5. The minimum atomic E-state index is 0.0952. The summed E-state index contributed by atoms with van der Waals surface area (Å²) in [6, 6.07) is 2.01. The molecule has 2 aromatic rings. The van der Waals surface area contributed by atoms with Crippen LogP contribution in [0.1, 0.15) is 12.8 Å². The number of amides is 1. The van der Waals surface area contributed by atoms with Crippen molar-refractivity contribution in [1.82, 2.24) is 25.2 Å². The van der Waals surface area contributed by atoms with Crippen molar-refractivity contribution in [3.8, 4) is 0 Å². The van der Waals surface area contributed by atoms with Crippen LogP contribution >= 0.6 is 0 Å². The Labute approximate surface area is 142 Å². The Morgan fingerprint density at radius 2 is 1.92 bits per heavy atom. The summed E-state index contributed by atoms with van der Waals surface area (Å²) in [6.45, 7) is 3.13.